The molecule has 0 saturated heterocycles. The van der Waals surface area contributed by atoms with Gasteiger partial charge >= 0.3 is 49.8 Å². The third-order valence-electron chi connectivity index (χ3n) is 0. The van der Waals surface area contributed by atoms with E-state index in [9.17, 15) is 0 Å². The summed E-state index contributed by atoms with van der Waals surface area (Å²) in [4.78, 5) is 0. The van der Waals surface area contributed by atoms with Gasteiger partial charge in [0.15, 0.2) is 0 Å². The zero-order valence-electron chi connectivity index (χ0n) is 4.71. The van der Waals surface area contributed by atoms with Crippen LogP contribution in [0.2, 0.25) is 0 Å². The molecule has 0 aromatic rings. The second-order valence-electron chi connectivity index (χ2n) is 0. The standard InChI is InChI=1S/In.8H2O.Sn/h;8*1H2;/q+3;;;;;;;;;+4/p-7. The van der Waals surface area contributed by atoms with Crippen molar-refractivity contribution in [3.8, 4) is 0 Å². The Balaban J connectivity index is 0. The van der Waals surface area contributed by atoms with Crippen LogP contribution in [0.5, 0.6) is 0 Å². The van der Waals surface area contributed by atoms with Crippen molar-refractivity contribution in [3.63, 3.8) is 0 Å². The van der Waals surface area contributed by atoms with Crippen LogP contribution >= 0.6 is 0 Å². The van der Waals surface area contributed by atoms with E-state index in [2.05, 4.69) is 0 Å². The van der Waals surface area contributed by atoms with Gasteiger partial charge in [0.1, 0.15) is 0 Å². The van der Waals surface area contributed by atoms with Gasteiger partial charge in [0, 0.05) is 0 Å². The summed E-state index contributed by atoms with van der Waals surface area (Å²) in [5.41, 5.74) is 0. The normalized spacial score (nSPS) is 0. The largest absolute Gasteiger partial charge is 4.00 e. The van der Waals surface area contributed by atoms with Gasteiger partial charge in [0.05, 0.1) is 0 Å². The summed E-state index contributed by atoms with van der Waals surface area (Å²) in [5, 5.41) is 0. The Hall–Kier alpha value is 1.35. The van der Waals surface area contributed by atoms with Crippen molar-refractivity contribution in [1.29, 1.82) is 0 Å². The van der Waals surface area contributed by atoms with Crippen LogP contribution in [0.15, 0.2) is 0 Å². The van der Waals surface area contributed by atoms with E-state index in [4.69, 9.17) is 0 Å². The first-order chi connectivity index (χ1) is 0. The fraction of sp³-hybridized carbons (Fsp3) is 0. The second-order valence-corrected chi connectivity index (χ2v) is 0. The first-order valence-corrected chi connectivity index (χ1v) is 0. The quantitative estimate of drug-likeness (QED) is 0.404. The monoisotopic (exact) mass is 372 g/mol. The van der Waals surface area contributed by atoms with E-state index in [1.807, 2.05) is 0 Å². The molecule has 0 aliphatic carbocycles. The van der Waals surface area contributed by atoms with E-state index < -0.39 is 0 Å². The molecule has 0 heterocycles. The third kappa shape index (κ3) is 358. The molecule has 0 unspecified atom stereocenters. The molecule has 0 spiro atoms. The Bertz CT molecular complexity index is 9.22. The van der Waals surface area contributed by atoms with E-state index in [-0.39, 0.29) is 93.6 Å². The molecule has 0 saturated carbocycles. The minimum atomic E-state index is 0. The first-order valence-electron chi connectivity index (χ1n) is 0. The molecule has 0 rings (SSSR count). The van der Waals surface area contributed by atoms with Crippen molar-refractivity contribution in [1.82, 2.24) is 0 Å². The maximum Gasteiger partial charge on any atom is 4.00 e. The van der Waals surface area contributed by atoms with Gasteiger partial charge in [0.2, 0.25) is 0 Å². The smallest absolute Gasteiger partial charge is 0.870 e. The van der Waals surface area contributed by atoms with Gasteiger partial charge < -0.3 is 43.8 Å². The topological polar surface area (TPSA) is 242 Å². The van der Waals surface area contributed by atoms with Crippen LogP contribution < -0.4 is 0 Å². The zero-order chi connectivity index (χ0) is 0. The Morgan fingerprint density at radius 3 is 0.400 bits per heavy atom. The molecule has 10 heteroatoms. The van der Waals surface area contributed by atoms with E-state index in [1.165, 1.54) is 0 Å². The van der Waals surface area contributed by atoms with E-state index >= 15 is 0 Å². The molecule has 0 radical (unpaired) electrons. The molecule has 0 atom stereocenters. The maximum atomic E-state index is 0. The van der Waals surface area contributed by atoms with Gasteiger partial charge in [-0.25, -0.2) is 0 Å². The molecule has 0 amide bonds. The average molecular weight is 371 g/mol. The molecule has 0 aliphatic rings. The van der Waals surface area contributed by atoms with Crippen LogP contribution in [-0.2, 0) is 0 Å². The van der Waals surface area contributed by atoms with E-state index in [0.717, 1.165) is 0 Å². The molecule has 0 aromatic carbocycles. The van der Waals surface area contributed by atoms with Gasteiger partial charge in [-0.2, -0.15) is 0 Å². The van der Waals surface area contributed by atoms with Gasteiger partial charge in [-0.15, -0.1) is 0 Å². The second kappa shape index (κ2) is 497. The summed E-state index contributed by atoms with van der Waals surface area (Å²) in [7, 11) is 0. The van der Waals surface area contributed by atoms with Gasteiger partial charge in [-0.05, 0) is 0 Å². The van der Waals surface area contributed by atoms with Crippen molar-refractivity contribution < 1.29 is 43.8 Å². The van der Waals surface area contributed by atoms with E-state index in [1.54, 1.807) is 0 Å². The number of rotatable bonds is 0. The van der Waals surface area contributed by atoms with Crippen molar-refractivity contribution in [3.05, 3.63) is 0 Å². The Kier molecular flexibility index (Phi) is 33200. The summed E-state index contributed by atoms with van der Waals surface area (Å²) in [5.74, 6) is 0. The fourth-order valence-corrected chi connectivity index (χ4v) is 0. The number of hydrogen-bond donors (Lipinski definition) is 0. The predicted octanol–water partition coefficient (Wildman–Crippen LogP) is -2.82. The van der Waals surface area contributed by atoms with Crippen molar-refractivity contribution in [2.45, 2.75) is 0 Å². The third-order valence-corrected chi connectivity index (χ3v) is 0. The minimum absolute atomic E-state index is 0. The molecule has 9 N–H and O–H groups in total. The Morgan fingerprint density at radius 1 is 0.400 bits per heavy atom. The molecule has 10 heavy (non-hydrogen) atoms. The van der Waals surface area contributed by atoms with Crippen LogP contribution in [0.4, 0.5) is 0 Å². The van der Waals surface area contributed by atoms with Crippen LogP contribution in [-0.4, -0.2) is 93.6 Å². The molecular weight excluding hydrogens is 362 g/mol. The summed E-state index contributed by atoms with van der Waals surface area (Å²) in [6, 6.07) is 0. The average Bonchev–Trinajstić information content (AvgIpc) is 0. The molecule has 64 valence electrons. The summed E-state index contributed by atoms with van der Waals surface area (Å²) >= 11 is 0. The first kappa shape index (κ1) is 668. The van der Waals surface area contributed by atoms with Gasteiger partial charge in [-0.1, -0.05) is 0 Å². The molecule has 0 aliphatic heterocycles. The van der Waals surface area contributed by atoms with Crippen molar-refractivity contribution in [2.24, 2.45) is 0 Å². The summed E-state index contributed by atoms with van der Waals surface area (Å²) in [6.45, 7) is 0. The van der Waals surface area contributed by atoms with Crippen LogP contribution in [0.25, 0.3) is 0 Å². The van der Waals surface area contributed by atoms with Gasteiger partial charge in [0.25, 0.3) is 0 Å². The molecular formula is H9InO8Sn. The van der Waals surface area contributed by atoms with E-state index in [0.29, 0.717) is 0 Å². The van der Waals surface area contributed by atoms with Crippen molar-refractivity contribution >= 4 is 49.8 Å². The summed E-state index contributed by atoms with van der Waals surface area (Å²) in [6.07, 6.45) is 0. The van der Waals surface area contributed by atoms with Crippen molar-refractivity contribution in [2.75, 3.05) is 0 Å². The number of hydrogen-bond acceptors (Lipinski definition) is 7. The molecule has 0 fully saturated rings. The van der Waals surface area contributed by atoms with Crippen LogP contribution in [0.1, 0.15) is 0 Å². The minimum Gasteiger partial charge on any atom is -0.870 e. The summed E-state index contributed by atoms with van der Waals surface area (Å²) < 4.78 is 0. The van der Waals surface area contributed by atoms with Gasteiger partial charge in [-0.3, -0.25) is 0 Å². The maximum absolute atomic E-state index is 0. The zero-order valence-corrected chi connectivity index (χ0v) is 10.9. The van der Waals surface area contributed by atoms with Crippen LogP contribution in [0, 0.1) is 0 Å². The Morgan fingerprint density at radius 2 is 0.400 bits per heavy atom. The molecule has 0 aromatic heterocycles. The van der Waals surface area contributed by atoms with Crippen LogP contribution in [0.3, 0.4) is 0 Å². The SMILES string of the molecule is O.[In+3].[OH-].[OH-].[OH-].[OH-].[OH-].[OH-].[OH-].[Sn+4]. The molecule has 8 nitrogen and oxygen atoms in total. The molecule has 0 bridgehead atoms. The fourth-order valence-electron chi connectivity index (χ4n) is 0. The predicted molar refractivity (Wildman–Crippen MR) is 28.7 cm³/mol. The Labute approximate surface area is 93.2 Å².